The van der Waals surface area contributed by atoms with E-state index < -0.39 is 10.0 Å². The van der Waals surface area contributed by atoms with Crippen molar-refractivity contribution in [3.05, 3.63) is 96.1 Å². The van der Waals surface area contributed by atoms with Gasteiger partial charge in [0, 0.05) is 13.6 Å². The van der Waals surface area contributed by atoms with Crippen molar-refractivity contribution in [1.29, 1.82) is 0 Å². The molecule has 1 heterocycles. The molecular formula is C27H31N3O3S. The highest BCUT2D eigenvalue weighted by Gasteiger charge is 2.26. The van der Waals surface area contributed by atoms with Crippen molar-refractivity contribution in [2.45, 2.75) is 30.2 Å². The Hall–Kier alpha value is -3.16. The minimum absolute atomic E-state index is 0.0561. The van der Waals surface area contributed by atoms with E-state index in [4.69, 9.17) is 0 Å². The number of rotatable bonds is 9. The number of amides is 1. The van der Waals surface area contributed by atoms with E-state index in [1.807, 2.05) is 31.3 Å². The fourth-order valence-electron chi connectivity index (χ4n) is 4.38. The molecule has 34 heavy (non-hydrogen) atoms. The summed E-state index contributed by atoms with van der Waals surface area (Å²) in [6, 6.07) is 25.3. The van der Waals surface area contributed by atoms with E-state index in [1.54, 1.807) is 53.4 Å². The summed E-state index contributed by atoms with van der Waals surface area (Å²) in [4.78, 5) is 17.8. The zero-order chi connectivity index (χ0) is 24.0. The van der Waals surface area contributed by atoms with Gasteiger partial charge in [-0.1, -0.05) is 66.7 Å². The predicted octanol–water partition coefficient (Wildman–Crippen LogP) is 4.33. The normalized spacial score (nSPS) is 15.1. The molecule has 3 aromatic rings. The first-order valence-corrected chi connectivity index (χ1v) is 13.1. The van der Waals surface area contributed by atoms with Gasteiger partial charge < -0.3 is 9.80 Å². The summed E-state index contributed by atoms with van der Waals surface area (Å²) in [7, 11) is -1.91. The van der Waals surface area contributed by atoms with Crippen LogP contribution in [0.1, 0.15) is 30.0 Å². The molecule has 1 unspecified atom stereocenters. The van der Waals surface area contributed by atoms with Gasteiger partial charge in [0.15, 0.2) is 0 Å². The van der Waals surface area contributed by atoms with Crippen molar-refractivity contribution in [2.75, 3.05) is 31.4 Å². The first kappa shape index (κ1) is 24.0. The van der Waals surface area contributed by atoms with Crippen molar-refractivity contribution in [3.63, 3.8) is 0 Å². The number of carbonyl (C=O) groups is 1. The van der Waals surface area contributed by atoms with Crippen LogP contribution in [0.4, 0.5) is 5.69 Å². The Bertz CT molecular complexity index is 1190. The number of nitrogens with zero attached hydrogens (tertiary/aromatic N) is 2. The van der Waals surface area contributed by atoms with Crippen LogP contribution in [-0.4, -0.2) is 50.8 Å². The van der Waals surface area contributed by atoms with Crippen LogP contribution in [-0.2, 0) is 21.2 Å². The number of hydrogen-bond donors (Lipinski definition) is 1. The van der Waals surface area contributed by atoms with Crippen molar-refractivity contribution in [3.8, 4) is 0 Å². The summed E-state index contributed by atoms with van der Waals surface area (Å²) in [6.45, 7) is 2.89. The van der Waals surface area contributed by atoms with Gasteiger partial charge in [-0.05, 0) is 55.3 Å². The van der Waals surface area contributed by atoms with Gasteiger partial charge in [0.1, 0.15) is 0 Å². The highest BCUT2D eigenvalue weighted by atomic mass is 32.2. The number of para-hydroxylation sites is 1. The summed E-state index contributed by atoms with van der Waals surface area (Å²) in [5.74, 6) is -0.0561. The van der Waals surface area contributed by atoms with Gasteiger partial charge in [0.05, 0.1) is 23.0 Å². The van der Waals surface area contributed by atoms with Crippen LogP contribution in [0.25, 0.3) is 0 Å². The molecule has 4 rings (SSSR count). The highest BCUT2D eigenvalue weighted by Crippen LogP contribution is 2.26. The number of benzene rings is 3. The summed E-state index contributed by atoms with van der Waals surface area (Å²) in [5.41, 5.74) is 2.17. The van der Waals surface area contributed by atoms with E-state index in [-0.39, 0.29) is 23.3 Å². The quantitative estimate of drug-likeness (QED) is 0.498. The summed E-state index contributed by atoms with van der Waals surface area (Å²) in [5, 5.41) is 0. The molecule has 0 radical (unpaired) electrons. The number of nitrogens with one attached hydrogen (secondary N) is 1. The van der Waals surface area contributed by atoms with Crippen molar-refractivity contribution < 1.29 is 13.2 Å². The number of hydrogen-bond acceptors (Lipinski definition) is 4. The molecule has 3 aromatic carbocycles. The zero-order valence-corrected chi connectivity index (χ0v) is 20.2. The highest BCUT2D eigenvalue weighted by molar-refractivity contribution is 7.92. The average Bonchev–Trinajstić information content (AvgIpc) is 3.38. The zero-order valence-electron chi connectivity index (χ0n) is 19.4. The SMILES string of the molecule is CN(C(=O)Cc1ccccc1NS(=O)(=O)c1ccccc1)C(CN1CCCC1)c1ccccc1. The Morgan fingerprint density at radius 1 is 0.912 bits per heavy atom. The second-order valence-electron chi connectivity index (χ2n) is 8.69. The van der Waals surface area contributed by atoms with Gasteiger partial charge in [-0.15, -0.1) is 0 Å². The largest absolute Gasteiger partial charge is 0.337 e. The standard InChI is InChI=1S/C27H31N3O3S/c1-29(26(21-30-18-10-11-19-30)22-12-4-2-5-13-22)27(31)20-23-14-8-9-17-25(23)28-34(32,33)24-15-6-3-7-16-24/h2-9,12-17,26,28H,10-11,18-21H2,1H3. The third kappa shape index (κ3) is 5.85. The summed E-state index contributed by atoms with van der Waals surface area (Å²) < 4.78 is 28.4. The van der Waals surface area contributed by atoms with E-state index in [0.29, 0.717) is 11.3 Å². The van der Waals surface area contributed by atoms with Crippen molar-refractivity contribution in [1.82, 2.24) is 9.80 Å². The van der Waals surface area contributed by atoms with Crippen LogP contribution >= 0.6 is 0 Å². The fraction of sp³-hybridized carbons (Fsp3) is 0.296. The van der Waals surface area contributed by atoms with Crippen molar-refractivity contribution >= 4 is 21.6 Å². The number of carbonyl (C=O) groups excluding carboxylic acids is 1. The number of likely N-dealkylation sites (N-methyl/N-ethyl adjacent to an activating group) is 1. The molecule has 1 aliphatic rings. The van der Waals surface area contributed by atoms with Crippen LogP contribution < -0.4 is 4.72 Å². The topological polar surface area (TPSA) is 69.7 Å². The minimum atomic E-state index is -3.75. The first-order valence-electron chi connectivity index (χ1n) is 11.6. The molecule has 0 aromatic heterocycles. The van der Waals surface area contributed by atoms with Gasteiger partial charge in [0.25, 0.3) is 10.0 Å². The Labute approximate surface area is 202 Å². The lowest BCUT2D eigenvalue weighted by Gasteiger charge is -2.32. The maximum Gasteiger partial charge on any atom is 0.261 e. The molecule has 1 fully saturated rings. The molecule has 0 aliphatic carbocycles. The maximum atomic E-state index is 13.4. The molecule has 1 N–H and O–H groups in total. The predicted molar refractivity (Wildman–Crippen MR) is 135 cm³/mol. The first-order chi connectivity index (χ1) is 16.4. The summed E-state index contributed by atoms with van der Waals surface area (Å²) in [6.07, 6.45) is 2.48. The van der Waals surface area contributed by atoms with Gasteiger partial charge in [-0.3, -0.25) is 9.52 Å². The molecule has 1 atom stereocenters. The van der Waals surface area contributed by atoms with Crippen LogP contribution in [0.2, 0.25) is 0 Å². The van der Waals surface area contributed by atoms with E-state index in [9.17, 15) is 13.2 Å². The smallest absolute Gasteiger partial charge is 0.261 e. The fourth-order valence-corrected chi connectivity index (χ4v) is 5.50. The molecule has 0 saturated carbocycles. The van der Waals surface area contributed by atoms with E-state index in [1.165, 1.54) is 12.8 Å². The van der Waals surface area contributed by atoms with Gasteiger partial charge in [-0.25, -0.2) is 8.42 Å². The average molecular weight is 478 g/mol. The molecule has 0 spiro atoms. The van der Waals surface area contributed by atoms with Crippen LogP contribution in [0, 0.1) is 0 Å². The molecular weight excluding hydrogens is 446 g/mol. The molecule has 6 nitrogen and oxygen atoms in total. The number of likely N-dealkylation sites (tertiary alicyclic amines) is 1. The van der Waals surface area contributed by atoms with Crippen molar-refractivity contribution in [2.24, 2.45) is 0 Å². The second kappa shape index (κ2) is 10.8. The van der Waals surface area contributed by atoms with Gasteiger partial charge in [0.2, 0.25) is 5.91 Å². The van der Waals surface area contributed by atoms with E-state index >= 15 is 0 Å². The minimum Gasteiger partial charge on any atom is -0.337 e. The lowest BCUT2D eigenvalue weighted by molar-refractivity contribution is -0.131. The number of anilines is 1. The van der Waals surface area contributed by atoms with Gasteiger partial charge >= 0.3 is 0 Å². The molecule has 0 bridgehead atoms. The van der Waals surface area contributed by atoms with E-state index in [0.717, 1.165) is 25.2 Å². The lowest BCUT2D eigenvalue weighted by atomic mass is 10.0. The number of sulfonamides is 1. The van der Waals surface area contributed by atoms with E-state index in [2.05, 4.69) is 21.8 Å². The molecule has 1 amide bonds. The Morgan fingerprint density at radius 3 is 2.18 bits per heavy atom. The summed E-state index contributed by atoms with van der Waals surface area (Å²) >= 11 is 0. The van der Waals surface area contributed by atoms with Crippen LogP contribution in [0.15, 0.2) is 89.8 Å². The van der Waals surface area contributed by atoms with Gasteiger partial charge in [-0.2, -0.15) is 0 Å². The molecule has 178 valence electrons. The monoisotopic (exact) mass is 477 g/mol. The van der Waals surface area contributed by atoms with Crippen LogP contribution in [0.5, 0.6) is 0 Å². The molecule has 1 aliphatic heterocycles. The van der Waals surface area contributed by atoms with Crippen LogP contribution in [0.3, 0.4) is 0 Å². The second-order valence-corrected chi connectivity index (χ2v) is 10.4. The third-order valence-corrected chi connectivity index (χ3v) is 7.71. The maximum absolute atomic E-state index is 13.4. The molecule has 1 saturated heterocycles. The molecule has 7 heteroatoms. The third-order valence-electron chi connectivity index (χ3n) is 6.33. The Balaban J connectivity index is 1.53. The lowest BCUT2D eigenvalue weighted by Crippen LogP contribution is -2.39. The Morgan fingerprint density at radius 2 is 1.50 bits per heavy atom. The Kier molecular flexibility index (Phi) is 7.65.